The van der Waals surface area contributed by atoms with Gasteiger partial charge in [-0.15, -0.1) is 0 Å². The Balaban J connectivity index is 1.78. The third-order valence-corrected chi connectivity index (χ3v) is 3.79. The van der Waals surface area contributed by atoms with Gasteiger partial charge < -0.3 is 15.4 Å². The van der Waals surface area contributed by atoms with Crippen LogP contribution < -0.4 is 15.4 Å². The normalized spacial score (nSPS) is 10.3. The highest BCUT2D eigenvalue weighted by atomic mass is 35.5. The number of hydrogen-bond acceptors (Lipinski definition) is 5. The number of aromatic nitrogens is 2. The van der Waals surface area contributed by atoms with E-state index in [0.29, 0.717) is 22.4 Å². The van der Waals surface area contributed by atoms with Crippen LogP contribution in [0.15, 0.2) is 54.9 Å². The van der Waals surface area contributed by atoms with Gasteiger partial charge in [0.2, 0.25) is 0 Å². The molecule has 24 heavy (non-hydrogen) atoms. The number of ether oxygens (including phenoxy) is 1. The molecule has 6 heteroatoms. The van der Waals surface area contributed by atoms with Crippen LogP contribution in [0.5, 0.6) is 5.75 Å². The van der Waals surface area contributed by atoms with Crippen molar-refractivity contribution in [3.8, 4) is 5.75 Å². The first-order valence-corrected chi connectivity index (χ1v) is 7.79. The number of halogens is 1. The zero-order valence-electron chi connectivity index (χ0n) is 13.4. The van der Waals surface area contributed by atoms with Gasteiger partial charge in [0, 0.05) is 17.4 Å². The minimum atomic E-state index is 0.537. The lowest BCUT2D eigenvalue weighted by Gasteiger charge is -2.11. The zero-order chi connectivity index (χ0) is 16.9. The number of para-hydroxylation sites is 1. The second kappa shape index (κ2) is 7.19. The molecule has 0 aliphatic rings. The summed E-state index contributed by atoms with van der Waals surface area (Å²) in [5.41, 5.74) is 2.98. The van der Waals surface area contributed by atoms with Crippen LogP contribution in [-0.4, -0.2) is 17.1 Å². The van der Waals surface area contributed by atoms with Gasteiger partial charge in [-0.2, -0.15) is 0 Å². The molecule has 0 radical (unpaired) electrons. The summed E-state index contributed by atoms with van der Waals surface area (Å²) in [5.74, 6) is 2.01. The van der Waals surface area contributed by atoms with Crippen LogP contribution in [0, 0.1) is 6.92 Å². The monoisotopic (exact) mass is 340 g/mol. The summed E-state index contributed by atoms with van der Waals surface area (Å²) in [5, 5.41) is 7.03. The molecular formula is C18H17ClN4O. The van der Waals surface area contributed by atoms with E-state index in [1.54, 1.807) is 19.2 Å². The summed E-state index contributed by atoms with van der Waals surface area (Å²) in [6.07, 6.45) is 1.51. The van der Waals surface area contributed by atoms with Crippen molar-refractivity contribution in [2.24, 2.45) is 0 Å². The lowest BCUT2D eigenvalue weighted by molar-refractivity contribution is 0.415. The van der Waals surface area contributed by atoms with E-state index in [1.165, 1.54) is 6.33 Å². The van der Waals surface area contributed by atoms with E-state index >= 15 is 0 Å². The Hall–Kier alpha value is -2.79. The first-order chi connectivity index (χ1) is 11.7. The van der Waals surface area contributed by atoms with Crippen molar-refractivity contribution in [3.63, 3.8) is 0 Å². The molecule has 0 saturated carbocycles. The van der Waals surface area contributed by atoms with E-state index in [1.807, 2.05) is 43.3 Å². The predicted octanol–water partition coefficient (Wildman–Crippen LogP) is 4.93. The maximum atomic E-state index is 6.14. The molecule has 0 spiro atoms. The Labute approximate surface area is 145 Å². The Morgan fingerprint density at radius 1 is 0.958 bits per heavy atom. The second-order valence-corrected chi connectivity index (χ2v) is 5.61. The fourth-order valence-corrected chi connectivity index (χ4v) is 2.49. The minimum absolute atomic E-state index is 0.537. The largest absolute Gasteiger partial charge is 0.495 e. The molecule has 1 heterocycles. The molecule has 0 unspecified atom stereocenters. The second-order valence-electron chi connectivity index (χ2n) is 5.20. The fraction of sp³-hybridized carbons (Fsp3) is 0.111. The van der Waals surface area contributed by atoms with Crippen molar-refractivity contribution in [2.75, 3.05) is 17.7 Å². The van der Waals surface area contributed by atoms with Crippen molar-refractivity contribution in [2.45, 2.75) is 6.92 Å². The SMILES string of the molecule is COc1ccc(Nc2cc(Nc3ccccc3C)ncn2)cc1Cl. The first-order valence-electron chi connectivity index (χ1n) is 7.41. The highest BCUT2D eigenvalue weighted by Crippen LogP contribution is 2.29. The number of methoxy groups -OCH3 is 1. The molecular weight excluding hydrogens is 324 g/mol. The molecule has 0 saturated heterocycles. The van der Waals surface area contributed by atoms with E-state index in [-0.39, 0.29) is 0 Å². The van der Waals surface area contributed by atoms with Crippen LogP contribution in [0.25, 0.3) is 0 Å². The van der Waals surface area contributed by atoms with E-state index < -0.39 is 0 Å². The van der Waals surface area contributed by atoms with Gasteiger partial charge in [-0.1, -0.05) is 29.8 Å². The molecule has 0 aliphatic carbocycles. The van der Waals surface area contributed by atoms with Gasteiger partial charge in [0.1, 0.15) is 23.7 Å². The molecule has 0 aliphatic heterocycles. The van der Waals surface area contributed by atoms with Gasteiger partial charge >= 0.3 is 0 Å². The van der Waals surface area contributed by atoms with Crippen LogP contribution >= 0.6 is 11.6 Å². The Morgan fingerprint density at radius 2 is 1.71 bits per heavy atom. The molecule has 0 amide bonds. The average Bonchev–Trinajstić information content (AvgIpc) is 2.58. The molecule has 3 rings (SSSR count). The van der Waals surface area contributed by atoms with Crippen molar-refractivity contribution in [3.05, 3.63) is 65.4 Å². The molecule has 2 aromatic carbocycles. The third-order valence-electron chi connectivity index (χ3n) is 3.50. The van der Waals surface area contributed by atoms with Crippen LogP contribution in [0.2, 0.25) is 5.02 Å². The van der Waals surface area contributed by atoms with Crippen molar-refractivity contribution >= 4 is 34.6 Å². The zero-order valence-corrected chi connectivity index (χ0v) is 14.1. The topological polar surface area (TPSA) is 59.1 Å². The maximum Gasteiger partial charge on any atom is 0.137 e. The van der Waals surface area contributed by atoms with Crippen LogP contribution in [0.3, 0.4) is 0 Å². The number of anilines is 4. The number of hydrogen-bond donors (Lipinski definition) is 2. The summed E-state index contributed by atoms with van der Waals surface area (Å²) >= 11 is 6.14. The number of nitrogens with one attached hydrogen (secondary N) is 2. The van der Waals surface area contributed by atoms with Gasteiger partial charge in [0.25, 0.3) is 0 Å². The summed E-state index contributed by atoms with van der Waals surface area (Å²) in [7, 11) is 1.59. The Kier molecular flexibility index (Phi) is 4.82. The summed E-state index contributed by atoms with van der Waals surface area (Å²) in [4.78, 5) is 8.49. The van der Waals surface area contributed by atoms with Crippen LogP contribution in [-0.2, 0) is 0 Å². The molecule has 0 atom stereocenters. The van der Waals surface area contributed by atoms with Gasteiger partial charge in [0.05, 0.1) is 12.1 Å². The van der Waals surface area contributed by atoms with E-state index in [9.17, 15) is 0 Å². The molecule has 3 aromatic rings. The summed E-state index contributed by atoms with van der Waals surface area (Å²) in [6, 6.07) is 15.3. The van der Waals surface area contributed by atoms with Gasteiger partial charge in [-0.05, 0) is 36.8 Å². The molecule has 0 fully saturated rings. The smallest absolute Gasteiger partial charge is 0.137 e. The lowest BCUT2D eigenvalue weighted by Crippen LogP contribution is -1.99. The van der Waals surface area contributed by atoms with E-state index in [4.69, 9.17) is 16.3 Å². The molecule has 2 N–H and O–H groups in total. The minimum Gasteiger partial charge on any atom is -0.495 e. The fourth-order valence-electron chi connectivity index (χ4n) is 2.24. The third kappa shape index (κ3) is 3.75. The average molecular weight is 341 g/mol. The van der Waals surface area contributed by atoms with E-state index in [2.05, 4.69) is 20.6 Å². The number of nitrogens with zero attached hydrogens (tertiary/aromatic N) is 2. The van der Waals surface area contributed by atoms with Crippen LogP contribution in [0.4, 0.5) is 23.0 Å². The number of benzene rings is 2. The Bertz CT molecular complexity index is 854. The standard InChI is InChI=1S/C18H17ClN4O/c1-12-5-3-4-6-15(12)23-18-10-17(20-11-21-18)22-13-7-8-16(24-2)14(19)9-13/h3-11H,1-2H3,(H2,20,21,22,23). The van der Waals surface area contributed by atoms with Gasteiger partial charge in [-0.25, -0.2) is 9.97 Å². The predicted molar refractivity (Wildman–Crippen MR) is 97.8 cm³/mol. The van der Waals surface area contributed by atoms with Crippen molar-refractivity contribution < 1.29 is 4.74 Å². The molecule has 1 aromatic heterocycles. The van der Waals surface area contributed by atoms with Crippen molar-refractivity contribution in [1.29, 1.82) is 0 Å². The molecule has 5 nitrogen and oxygen atoms in total. The maximum absolute atomic E-state index is 6.14. The molecule has 0 bridgehead atoms. The van der Waals surface area contributed by atoms with Crippen LogP contribution in [0.1, 0.15) is 5.56 Å². The quantitative estimate of drug-likeness (QED) is 0.689. The summed E-state index contributed by atoms with van der Waals surface area (Å²) in [6.45, 7) is 2.04. The molecule has 122 valence electrons. The van der Waals surface area contributed by atoms with Crippen molar-refractivity contribution in [1.82, 2.24) is 9.97 Å². The number of rotatable bonds is 5. The Morgan fingerprint density at radius 3 is 2.42 bits per heavy atom. The van der Waals surface area contributed by atoms with E-state index in [0.717, 1.165) is 16.9 Å². The van der Waals surface area contributed by atoms with Gasteiger partial charge in [0.15, 0.2) is 0 Å². The first kappa shape index (κ1) is 16.1. The highest BCUT2D eigenvalue weighted by Gasteiger charge is 2.05. The lowest BCUT2D eigenvalue weighted by atomic mass is 10.2. The summed E-state index contributed by atoms with van der Waals surface area (Å²) < 4.78 is 5.15. The highest BCUT2D eigenvalue weighted by molar-refractivity contribution is 6.32. The van der Waals surface area contributed by atoms with Gasteiger partial charge in [-0.3, -0.25) is 0 Å². The number of aryl methyl sites for hydroxylation is 1.